The summed E-state index contributed by atoms with van der Waals surface area (Å²) >= 11 is 0. The maximum atomic E-state index is 12.4. The highest BCUT2D eigenvalue weighted by Gasteiger charge is 2.37. The second-order valence-electron chi connectivity index (χ2n) is 6.03. The van der Waals surface area contributed by atoms with E-state index in [1.807, 2.05) is 0 Å². The summed E-state index contributed by atoms with van der Waals surface area (Å²) in [6.07, 6.45) is 3.34. The Bertz CT molecular complexity index is 416. The molecule has 2 aliphatic rings. The Hall–Kier alpha value is -1.59. The summed E-state index contributed by atoms with van der Waals surface area (Å²) in [7, 11) is 0. The third-order valence-corrected chi connectivity index (χ3v) is 4.50. The topological polar surface area (TPSA) is 77.9 Å². The number of piperidine rings is 1. The molecule has 0 aromatic carbocycles. The number of hydrogen-bond donors (Lipinski definition) is 1. The summed E-state index contributed by atoms with van der Waals surface area (Å²) in [4.78, 5) is 38.8. The summed E-state index contributed by atoms with van der Waals surface area (Å²) in [5.74, 6) is -1.26. The van der Waals surface area contributed by atoms with Crippen LogP contribution in [0.1, 0.15) is 39.0 Å². The van der Waals surface area contributed by atoms with E-state index in [-0.39, 0.29) is 23.7 Å². The average Bonchev–Trinajstić information content (AvgIpc) is 2.85. The zero-order valence-corrected chi connectivity index (χ0v) is 12.6. The molecule has 0 unspecified atom stereocenters. The van der Waals surface area contributed by atoms with E-state index in [1.165, 1.54) is 0 Å². The van der Waals surface area contributed by atoms with Gasteiger partial charge in [0, 0.05) is 32.6 Å². The molecule has 6 heteroatoms. The van der Waals surface area contributed by atoms with Crippen LogP contribution >= 0.6 is 0 Å². The Labute approximate surface area is 125 Å². The van der Waals surface area contributed by atoms with Gasteiger partial charge in [-0.3, -0.25) is 14.4 Å². The number of unbranched alkanes of at least 4 members (excludes halogenated alkanes) is 1. The molecule has 0 aliphatic carbocycles. The van der Waals surface area contributed by atoms with Crippen LogP contribution in [0.3, 0.4) is 0 Å². The van der Waals surface area contributed by atoms with E-state index < -0.39 is 5.97 Å². The Morgan fingerprint density at radius 1 is 1.24 bits per heavy atom. The van der Waals surface area contributed by atoms with Crippen molar-refractivity contribution in [2.24, 2.45) is 11.8 Å². The van der Waals surface area contributed by atoms with Crippen LogP contribution in [-0.2, 0) is 14.4 Å². The number of rotatable bonds is 5. The van der Waals surface area contributed by atoms with Crippen LogP contribution in [0.5, 0.6) is 0 Å². The molecule has 21 heavy (non-hydrogen) atoms. The van der Waals surface area contributed by atoms with Crippen molar-refractivity contribution in [2.75, 3.05) is 26.2 Å². The van der Waals surface area contributed by atoms with E-state index in [0.29, 0.717) is 38.9 Å². The third-order valence-electron chi connectivity index (χ3n) is 4.50. The number of carboxylic acids is 1. The maximum absolute atomic E-state index is 12.4. The number of carboxylic acid groups (broad SMARTS) is 1. The maximum Gasteiger partial charge on any atom is 0.306 e. The average molecular weight is 296 g/mol. The molecule has 0 aromatic rings. The van der Waals surface area contributed by atoms with E-state index >= 15 is 0 Å². The molecule has 0 spiro atoms. The molecule has 0 aromatic heterocycles. The highest BCUT2D eigenvalue weighted by molar-refractivity contribution is 5.89. The Morgan fingerprint density at radius 2 is 1.90 bits per heavy atom. The van der Waals surface area contributed by atoms with Gasteiger partial charge in [-0.15, -0.1) is 0 Å². The molecule has 2 aliphatic heterocycles. The van der Waals surface area contributed by atoms with Crippen LogP contribution in [0.4, 0.5) is 0 Å². The Morgan fingerprint density at radius 3 is 2.48 bits per heavy atom. The zero-order chi connectivity index (χ0) is 15.4. The first kappa shape index (κ1) is 15.8. The molecule has 118 valence electrons. The quantitative estimate of drug-likeness (QED) is 0.819. The summed E-state index contributed by atoms with van der Waals surface area (Å²) in [6, 6.07) is 0. The van der Waals surface area contributed by atoms with Crippen LogP contribution in [0.2, 0.25) is 0 Å². The van der Waals surface area contributed by atoms with Crippen molar-refractivity contribution < 1.29 is 19.5 Å². The largest absolute Gasteiger partial charge is 0.481 e. The van der Waals surface area contributed by atoms with Crippen LogP contribution in [0.25, 0.3) is 0 Å². The van der Waals surface area contributed by atoms with Crippen molar-refractivity contribution in [3.63, 3.8) is 0 Å². The minimum Gasteiger partial charge on any atom is -0.481 e. The Balaban J connectivity index is 1.84. The lowest BCUT2D eigenvalue weighted by molar-refractivity contribution is -0.146. The highest BCUT2D eigenvalue weighted by Crippen LogP contribution is 2.24. The predicted molar refractivity (Wildman–Crippen MR) is 76.5 cm³/mol. The van der Waals surface area contributed by atoms with Gasteiger partial charge in [-0.2, -0.15) is 0 Å². The summed E-state index contributed by atoms with van der Waals surface area (Å²) in [5, 5.41) is 8.97. The summed E-state index contributed by atoms with van der Waals surface area (Å²) < 4.78 is 0. The van der Waals surface area contributed by atoms with Crippen LogP contribution in [-0.4, -0.2) is 58.9 Å². The SMILES string of the molecule is CCCCN1C[C@@H](C(=O)N2CCC(C(=O)O)CC2)CC1=O. The van der Waals surface area contributed by atoms with Crippen molar-refractivity contribution in [1.82, 2.24) is 9.80 Å². The fourth-order valence-electron chi connectivity index (χ4n) is 3.11. The third kappa shape index (κ3) is 3.74. The molecule has 6 nitrogen and oxygen atoms in total. The van der Waals surface area contributed by atoms with Crippen molar-refractivity contribution in [2.45, 2.75) is 39.0 Å². The number of carbonyl (C=O) groups excluding carboxylic acids is 2. The van der Waals surface area contributed by atoms with Crippen molar-refractivity contribution in [1.29, 1.82) is 0 Å². The number of likely N-dealkylation sites (tertiary alicyclic amines) is 2. The van der Waals surface area contributed by atoms with Gasteiger partial charge in [0.2, 0.25) is 11.8 Å². The summed E-state index contributed by atoms with van der Waals surface area (Å²) in [6.45, 7) is 4.33. The van der Waals surface area contributed by atoms with Crippen LogP contribution in [0.15, 0.2) is 0 Å². The first-order valence-electron chi connectivity index (χ1n) is 7.82. The second kappa shape index (κ2) is 6.91. The smallest absolute Gasteiger partial charge is 0.306 e. The molecule has 0 saturated carbocycles. The molecule has 2 saturated heterocycles. The first-order valence-corrected chi connectivity index (χ1v) is 7.82. The van der Waals surface area contributed by atoms with Gasteiger partial charge in [0.1, 0.15) is 0 Å². The zero-order valence-electron chi connectivity index (χ0n) is 12.6. The first-order chi connectivity index (χ1) is 10.0. The van der Waals surface area contributed by atoms with Crippen LogP contribution < -0.4 is 0 Å². The molecule has 1 N–H and O–H groups in total. The van der Waals surface area contributed by atoms with Crippen molar-refractivity contribution in [3.05, 3.63) is 0 Å². The molecule has 2 rings (SSSR count). The monoisotopic (exact) mass is 296 g/mol. The fraction of sp³-hybridized carbons (Fsp3) is 0.800. The van der Waals surface area contributed by atoms with Crippen LogP contribution in [0, 0.1) is 11.8 Å². The van der Waals surface area contributed by atoms with Gasteiger partial charge in [0.15, 0.2) is 0 Å². The fourth-order valence-corrected chi connectivity index (χ4v) is 3.11. The number of aliphatic carboxylic acids is 1. The molecule has 2 amide bonds. The lowest BCUT2D eigenvalue weighted by atomic mass is 9.95. The number of nitrogens with zero attached hydrogens (tertiary/aromatic N) is 2. The highest BCUT2D eigenvalue weighted by atomic mass is 16.4. The minimum atomic E-state index is -0.774. The normalized spacial score (nSPS) is 23.7. The molecule has 0 radical (unpaired) electrons. The minimum absolute atomic E-state index is 0.0196. The van der Waals surface area contributed by atoms with E-state index in [1.54, 1.807) is 9.80 Å². The van der Waals surface area contributed by atoms with E-state index in [9.17, 15) is 14.4 Å². The van der Waals surface area contributed by atoms with E-state index in [4.69, 9.17) is 5.11 Å². The molecular weight excluding hydrogens is 272 g/mol. The molecule has 2 fully saturated rings. The summed E-state index contributed by atoms with van der Waals surface area (Å²) in [5.41, 5.74) is 0. The molecular formula is C15H24N2O4. The van der Waals surface area contributed by atoms with Gasteiger partial charge in [0.25, 0.3) is 0 Å². The standard InChI is InChI=1S/C15H24N2O4/c1-2-3-6-17-10-12(9-13(17)18)14(19)16-7-4-11(5-8-16)15(20)21/h11-12H,2-10H2,1H3,(H,20,21)/t12-/m0/s1. The van der Waals surface area contributed by atoms with E-state index in [0.717, 1.165) is 19.4 Å². The van der Waals surface area contributed by atoms with Gasteiger partial charge < -0.3 is 14.9 Å². The molecule has 0 bridgehead atoms. The van der Waals surface area contributed by atoms with Gasteiger partial charge in [-0.05, 0) is 19.3 Å². The Kier molecular flexibility index (Phi) is 5.20. The van der Waals surface area contributed by atoms with E-state index in [2.05, 4.69) is 6.92 Å². The predicted octanol–water partition coefficient (Wildman–Crippen LogP) is 0.958. The second-order valence-corrected chi connectivity index (χ2v) is 6.03. The van der Waals surface area contributed by atoms with Crippen molar-refractivity contribution >= 4 is 17.8 Å². The van der Waals surface area contributed by atoms with Gasteiger partial charge in [-0.1, -0.05) is 13.3 Å². The lowest BCUT2D eigenvalue weighted by Gasteiger charge is -2.31. The molecule has 1 atom stereocenters. The number of amides is 2. The van der Waals surface area contributed by atoms with Gasteiger partial charge in [0.05, 0.1) is 11.8 Å². The number of hydrogen-bond acceptors (Lipinski definition) is 3. The van der Waals surface area contributed by atoms with Crippen molar-refractivity contribution in [3.8, 4) is 0 Å². The molecule has 2 heterocycles. The van der Waals surface area contributed by atoms with Gasteiger partial charge >= 0.3 is 5.97 Å². The lowest BCUT2D eigenvalue weighted by Crippen LogP contribution is -2.43. The number of carbonyl (C=O) groups is 3. The van der Waals surface area contributed by atoms with Gasteiger partial charge in [-0.25, -0.2) is 0 Å².